The lowest BCUT2D eigenvalue weighted by Gasteiger charge is -2.12. The van der Waals surface area contributed by atoms with Crippen LogP contribution in [-0.4, -0.2) is 38.4 Å². The van der Waals surface area contributed by atoms with Crippen LogP contribution in [-0.2, 0) is 0 Å². The Hall–Kier alpha value is -2.21. The Morgan fingerprint density at radius 3 is 2.71 bits per heavy atom. The van der Waals surface area contributed by atoms with Crippen LogP contribution in [0.4, 0.5) is 0 Å². The molecule has 6 nitrogen and oxygen atoms in total. The Morgan fingerprint density at radius 1 is 1.33 bits per heavy atom. The van der Waals surface area contributed by atoms with Crippen molar-refractivity contribution in [2.75, 3.05) is 6.54 Å². The van der Waals surface area contributed by atoms with E-state index in [2.05, 4.69) is 15.4 Å². The minimum atomic E-state index is -0.551. The van der Waals surface area contributed by atoms with Gasteiger partial charge in [-0.05, 0) is 24.5 Å². The summed E-state index contributed by atoms with van der Waals surface area (Å²) in [5.74, 6) is 0.0930. The standard InChI is InChI=1S/C15H20N4O2/c1-11(2)8-13(20)9-16-15(21)14-17-10-19(18-14)12-6-4-3-5-7-12/h3-7,10-11,13,20H,8-9H2,1-2H3,(H,16,21). The van der Waals surface area contributed by atoms with Crippen LogP contribution in [0.1, 0.15) is 30.9 Å². The summed E-state index contributed by atoms with van der Waals surface area (Å²) >= 11 is 0. The third kappa shape index (κ3) is 4.39. The number of carbonyl (C=O) groups is 1. The van der Waals surface area contributed by atoms with E-state index in [1.54, 1.807) is 4.68 Å². The number of hydrogen-bond donors (Lipinski definition) is 2. The third-order valence-electron chi connectivity index (χ3n) is 2.96. The number of aliphatic hydroxyl groups excluding tert-OH is 1. The second kappa shape index (κ2) is 6.99. The number of aliphatic hydroxyl groups is 1. The summed E-state index contributed by atoms with van der Waals surface area (Å²) in [6.45, 7) is 4.25. The number of rotatable bonds is 6. The Balaban J connectivity index is 1.93. The minimum Gasteiger partial charge on any atom is -0.391 e. The van der Waals surface area contributed by atoms with Crippen molar-refractivity contribution in [2.24, 2.45) is 5.92 Å². The predicted octanol–water partition coefficient (Wildman–Crippen LogP) is 1.40. The van der Waals surface area contributed by atoms with Crippen LogP contribution in [0.5, 0.6) is 0 Å². The van der Waals surface area contributed by atoms with Gasteiger partial charge in [0.05, 0.1) is 11.8 Å². The van der Waals surface area contributed by atoms with E-state index >= 15 is 0 Å². The summed E-state index contributed by atoms with van der Waals surface area (Å²) in [6, 6.07) is 9.44. The molecule has 0 aliphatic rings. The number of amides is 1. The van der Waals surface area contributed by atoms with Crippen molar-refractivity contribution in [1.82, 2.24) is 20.1 Å². The molecule has 0 fully saturated rings. The Labute approximate surface area is 123 Å². The molecule has 1 amide bonds. The first-order valence-corrected chi connectivity index (χ1v) is 6.99. The van der Waals surface area contributed by atoms with E-state index < -0.39 is 6.10 Å². The highest BCUT2D eigenvalue weighted by atomic mass is 16.3. The molecule has 0 bridgehead atoms. The molecule has 21 heavy (non-hydrogen) atoms. The molecule has 0 saturated heterocycles. The summed E-state index contributed by atoms with van der Waals surface area (Å²) in [6.07, 6.45) is 1.59. The first-order chi connectivity index (χ1) is 10.1. The van der Waals surface area contributed by atoms with E-state index in [0.29, 0.717) is 12.3 Å². The third-order valence-corrected chi connectivity index (χ3v) is 2.96. The summed E-state index contributed by atoms with van der Waals surface area (Å²) in [4.78, 5) is 15.9. The highest BCUT2D eigenvalue weighted by Gasteiger charge is 2.14. The molecule has 1 unspecified atom stereocenters. The van der Waals surface area contributed by atoms with Crippen LogP contribution in [0.25, 0.3) is 5.69 Å². The Bertz CT molecular complexity index is 580. The minimum absolute atomic E-state index is 0.0931. The van der Waals surface area contributed by atoms with Gasteiger partial charge >= 0.3 is 0 Å². The lowest BCUT2D eigenvalue weighted by Crippen LogP contribution is -2.33. The number of benzene rings is 1. The van der Waals surface area contributed by atoms with Crippen molar-refractivity contribution in [2.45, 2.75) is 26.4 Å². The molecule has 2 rings (SSSR count). The van der Waals surface area contributed by atoms with Crippen LogP contribution in [0, 0.1) is 5.92 Å². The van der Waals surface area contributed by atoms with E-state index in [4.69, 9.17) is 0 Å². The monoisotopic (exact) mass is 288 g/mol. The van der Waals surface area contributed by atoms with E-state index in [9.17, 15) is 9.90 Å². The molecule has 6 heteroatoms. The first kappa shape index (κ1) is 15.2. The van der Waals surface area contributed by atoms with Crippen LogP contribution in [0.2, 0.25) is 0 Å². The topological polar surface area (TPSA) is 80.0 Å². The summed E-state index contributed by atoms with van der Waals surface area (Å²) in [5, 5.41) is 16.5. The van der Waals surface area contributed by atoms with E-state index in [0.717, 1.165) is 5.69 Å². The lowest BCUT2D eigenvalue weighted by molar-refractivity contribution is 0.0890. The molecule has 1 heterocycles. The fraction of sp³-hybridized carbons (Fsp3) is 0.400. The predicted molar refractivity (Wildman–Crippen MR) is 79.2 cm³/mol. The first-order valence-electron chi connectivity index (χ1n) is 6.99. The summed E-state index contributed by atoms with van der Waals surface area (Å²) in [5.41, 5.74) is 0.837. The average molecular weight is 288 g/mol. The van der Waals surface area contributed by atoms with E-state index in [-0.39, 0.29) is 18.3 Å². The molecule has 2 N–H and O–H groups in total. The SMILES string of the molecule is CC(C)CC(O)CNC(=O)c1ncn(-c2ccccc2)n1. The van der Waals surface area contributed by atoms with Crippen LogP contribution in [0.15, 0.2) is 36.7 Å². The van der Waals surface area contributed by atoms with Crippen molar-refractivity contribution in [3.63, 3.8) is 0 Å². The molecular formula is C15H20N4O2. The van der Waals surface area contributed by atoms with Crippen molar-refractivity contribution < 1.29 is 9.90 Å². The zero-order valence-corrected chi connectivity index (χ0v) is 12.2. The number of hydrogen-bond acceptors (Lipinski definition) is 4. The average Bonchev–Trinajstić information content (AvgIpc) is 2.95. The lowest BCUT2D eigenvalue weighted by atomic mass is 10.1. The fourth-order valence-electron chi connectivity index (χ4n) is 1.99. The van der Waals surface area contributed by atoms with Gasteiger partial charge in [0.2, 0.25) is 5.82 Å². The second-order valence-electron chi connectivity index (χ2n) is 5.34. The quantitative estimate of drug-likeness (QED) is 0.842. The molecule has 112 valence electrons. The van der Waals surface area contributed by atoms with Gasteiger partial charge in [-0.15, -0.1) is 5.10 Å². The molecule has 1 aromatic carbocycles. The molecule has 0 saturated carbocycles. The number of nitrogens with zero attached hydrogens (tertiary/aromatic N) is 3. The maximum Gasteiger partial charge on any atom is 0.291 e. The number of aromatic nitrogens is 3. The maximum atomic E-state index is 11.9. The van der Waals surface area contributed by atoms with Crippen molar-refractivity contribution in [1.29, 1.82) is 0 Å². The zero-order valence-electron chi connectivity index (χ0n) is 12.2. The van der Waals surface area contributed by atoms with Crippen molar-refractivity contribution >= 4 is 5.91 Å². The van der Waals surface area contributed by atoms with Crippen LogP contribution in [0.3, 0.4) is 0 Å². The number of nitrogens with one attached hydrogen (secondary N) is 1. The van der Waals surface area contributed by atoms with Crippen molar-refractivity contribution in [3.05, 3.63) is 42.5 Å². The molecular weight excluding hydrogens is 268 g/mol. The van der Waals surface area contributed by atoms with Crippen LogP contribution < -0.4 is 5.32 Å². The highest BCUT2D eigenvalue weighted by Crippen LogP contribution is 2.05. The molecule has 2 aromatic rings. The van der Waals surface area contributed by atoms with Gasteiger partial charge in [0.1, 0.15) is 6.33 Å². The smallest absolute Gasteiger partial charge is 0.291 e. The fourth-order valence-corrected chi connectivity index (χ4v) is 1.99. The molecule has 0 spiro atoms. The molecule has 1 atom stereocenters. The Kier molecular flexibility index (Phi) is 5.05. The van der Waals surface area contributed by atoms with Gasteiger partial charge in [0.25, 0.3) is 5.91 Å². The van der Waals surface area contributed by atoms with Gasteiger partial charge in [-0.2, -0.15) is 0 Å². The largest absolute Gasteiger partial charge is 0.391 e. The van der Waals surface area contributed by atoms with E-state index in [1.807, 2.05) is 44.2 Å². The van der Waals surface area contributed by atoms with Crippen molar-refractivity contribution in [3.8, 4) is 5.69 Å². The molecule has 0 aliphatic carbocycles. The van der Waals surface area contributed by atoms with Gasteiger partial charge in [-0.1, -0.05) is 32.0 Å². The van der Waals surface area contributed by atoms with Gasteiger partial charge in [0, 0.05) is 6.54 Å². The molecule has 0 radical (unpaired) electrons. The number of para-hydroxylation sites is 1. The van der Waals surface area contributed by atoms with Gasteiger partial charge in [-0.25, -0.2) is 9.67 Å². The van der Waals surface area contributed by atoms with Crippen LogP contribution >= 0.6 is 0 Å². The zero-order chi connectivity index (χ0) is 15.2. The number of carbonyl (C=O) groups excluding carboxylic acids is 1. The molecule has 1 aromatic heterocycles. The second-order valence-corrected chi connectivity index (χ2v) is 5.34. The summed E-state index contributed by atoms with van der Waals surface area (Å²) in [7, 11) is 0. The maximum absolute atomic E-state index is 11.9. The Morgan fingerprint density at radius 2 is 2.05 bits per heavy atom. The van der Waals surface area contributed by atoms with Gasteiger partial charge in [0.15, 0.2) is 0 Å². The summed E-state index contributed by atoms with van der Waals surface area (Å²) < 4.78 is 1.54. The normalized spacial score (nSPS) is 12.4. The molecule has 0 aliphatic heterocycles. The highest BCUT2D eigenvalue weighted by molar-refractivity contribution is 5.90. The van der Waals surface area contributed by atoms with E-state index in [1.165, 1.54) is 6.33 Å². The van der Waals surface area contributed by atoms with Gasteiger partial charge < -0.3 is 10.4 Å². The van der Waals surface area contributed by atoms with Gasteiger partial charge in [-0.3, -0.25) is 4.79 Å².